The lowest BCUT2D eigenvalue weighted by Crippen LogP contribution is -2.14. The lowest BCUT2D eigenvalue weighted by atomic mass is 10.1. The van der Waals surface area contributed by atoms with Crippen molar-refractivity contribution in [3.63, 3.8) is 0 Å². The topological polar surface area (TPSA) is 85.1 Å². The summed E-state index contributed by atoms with van der Waals surface area (Å²) in [6.45, 7) is 1.67. The van der Waals surface area contributed by atoms with Gasteiger partial charge in [-0.05, 0) is 36.8 Å². The molecule has 0 aliphatic carbocycles. The van der Waals surface area contributed by atoms with Crippen LogP contribution >= 0.6 is 0 Å². The van der Waals surface area contributed by atoms with Gasteiger partial charge in [0.2, 0.25) is 0 Å². The first-order chi connectivity index (χ1) is 12.5. The van der Waals surface area contributed by atoms with Crippen LogP contribution in [0.15, 0.2) is 71.9 Å². The lowest BCUT2D eigenvalue weighted by molar-refractivity contribution is 0.472. The van der Waals surface area contributed by atoms with E-state index in [0.717, 1.165) is 20.6 Å². The van der Waals surface area contributed by atoms with Crippen LogP contribution in [-0.4, -0.2) is 27.7 Å². The molecule has 0 aliphatic heterocycles. The monoisotopic (exact) mass is 365 g/mol. The molecule has 0 saturated carbocycles. The molecule has 0 unspecified atom stereocenters. The Morgan fingerprint density at radius 2 is 1.85 bits per heavy atom. The number of fused-ring (bicyclic) bond motifs is 1. The summed E-state index contributed by atoms with van der Waals surface area (Å²) in [5, 5.41) is 14.8. The molecule has 2 heterocycles. The number of phenols is 1. The lowest BCUT2D eigenvalue weighted by Gasteiger charge is -2.08. The van der Waals surface area contributed by atoms with Gasteiger partial charge in [0.05, 0.1) is 16.1 Å². The molecule has 7 heteroatoms. The minimum atomic E-state index is -3.90. The third kappa shape index (κ3) is 2.62. The van der Waals surface area contributed by atoms with Crippen molar-refractivity contribution in [1.82, 2.24) is 14.2 Å². The van der Waals surface area contributed by atoms with Crippen LogP contribution in [0.3, 0.4) is 0 Å². The molecule has 4 aromatic rings. The van der Waals surface area contributed by atoms with Gasteiger partial charge in [-0.2, -0.15) is 17.6 Å². The highest BCUT2D eigenvalue weighted by molar-refractivity contribution is 7.89. The first-order valence-electron chi connectivity index (χ1n) is 7.92. The fourth-order valence-electron chi connectivity index (χ4n) is 2.87. The van der Waals surface area contributed by atoms with Crippen molar-refractivity contribution < 1.29 is 13.5 Å². The number of aryl methyl sites for hydroxylation is 1. The number of pyridine rings is 1. The summed E-state index contributed by atoms with van der Waals surface area (Å²) < 4.78 is 26.7. The zero-order valence-electron chi connectivity index (χ0n) is 13.9. The fraction of sp³-hybridized carbons (Fsp3) is 0.0526. The highest BCUT2D eigenvalue weighted by atomic mass is 32.2. The zero-order chi connectivity index (χ0) is 18.3. The molecule has 0 spiro atoms. The van der Waals surface area contributed by atoms with Gasteiger partial charge in [0, 0.05) is 29.4 Å². The molecular weight excluding hydrogens is 350 g/mol. The van der Waals surface area contributed by atoms with Gasteiger partial charge in [-0.15, -0.1) is 0 Å². The smallest absolute Gasteiger partial charge is 0.283 e. The molecule has 1 N–H and O–H groups in total. The van der Waals surface area contributed by atoms with E-state index in [2.05, 4.69) is 10.1 Å². The SMILES string of the molecule is Cc1ccc(O)cc1S(=O)(=O)n1ccc(-c2ccnc3ccccc23)n1. The Labute approximate surface area is 150 Å². The third-order valence-electron chi connectivity index (χ3n) is 4.19. The fourth-order valence-corrected chi connectivity index (χ4v) is 4.23. The molecule has 0 amide bonds. The predicted molar refractivity (Wildman–Crippen MR) is 98.4 cm³/mol. The van der Waals surface area contributed by atoms with Crippen molar-refractivity contribution in [3.05, 3.63) is 72.6 Å². The number of benzene rings is 2. The van der Waals surface area contributed by atoms with E-state index < -0.39 is 10.0 Å². The maximum absolute atomic E-state index is 12.9. The van der Waals surface area contributed by atoms with E-state index in [1.54, 1.807) is 31.3 Å². The quantitative estimate of drug-likeness (QED) is 0.602. The van der Waals surface area contributed by atoms with Crippen LogP contribution in [0.2, 0.25) is 0 Å². The molecule has 26 heavy (non-hydrogen) atoms. The van der Waals surface area contributed by atoms with Gasteiger partial charge in [-0.1, -0.05) is 24.3 Å². The van der Waals surface area contributed by atoms with Crippen LogP contribution in [0.25, 0.3) is 22.2 Å². The Morgan fingerprint density at radius 1 is 1.04 bits per heavy atom. The van der Waals surface area contributed by atoms with E-state index in [4.69, 9.17) is 0 Å². The molecule has 2 aromatic heterocycles. The number of phenolic OH excluding ortho intramolecular Hbond substituents is 1. The number of para-hydroxylation sites is 1. The van der Waals surface area contributed by atoms with Crippen molar-refractivity contribution in [2.45, 2.75) is 11.8 Å². The first-order valence-corrected chi connectivity index (χ1v) is 9.36. The van der Waals surface area contributed by atoms with Crippen LogP contribution in [0.1, 0.15) is 5.56 Å². The minimum absolute atomic E-state index is 0.0201. The van der Waals surface area contributed by atoms with E-state index in [0.29, 0.717) is 11.3 Å². The largest absolute Gasteiger partial charge is 0.508 e. The van der Waals surface area contributed by atoms with Crippen molar-refractivity contribution in [1.29, 1.82) is 0 Å². The normalized spacial score (nSPS) is 11.7. The minimum Gasteiger partial charge on any atom is -0.508 e. The molecule has 0 fully saturated rings. The molecule has 6 nitrogen and oxygen atoms in total. The van der Waals surface area contributed by atoms with Crippen LogP contribution in [0, 0.1) is 6.92 Å². The summed E-state index contributed by atoms with van der Waals surface area (Å²) >= 11 is 0. The van der Waals surface area contributed by atoms with Gasteiger partial charge in [0.15, 0.2) is 0 Å². The first kappa shape index (κ1) is 16.3. The molecule has 0 saturated heterocycles. The number of aromatic nitrogens is 3. The predicted octanol–water partition coefficient (Wildman–Crippen LogP) is 3.35. The molecule has 0 radical (unpaired) electrons. The Hall–Kier alpha value is -3.19. The average molecular weight is 365 g/mol. The summed E-state index contributed by atoms with van der Waals surface area (Å²) in [5.74, 6) is -0.110. The maximum Gasteiger partial charge on any atom is 0.283 e. The second-order valence-electron chi connectivity index (χ2n) is 5.90. The van der Waals surface area contributed by atoms with Crippen molar-refractivity contribution >= 4 is 20.9 Å². The summed E-state index contributed by atoms with van der Waals surface area (Å²) in [7, 11) is -3.90. The van der Waals surface area contributed by atoms with E-state index in [9.17, 15) is 13.5 Å². The third-order valence-corrected chi connectivity index (χ3v) is 5.88. The van der Waals surface area contributed by atoms with Gasteiger partial charge >= 0.3 is 0 Å². The van der Waals surface area contributed by atoms with Gasteiger partial charge in [-0.25, -0.2) is 0 Å². The standard InChI is InChI=1S/C19H15N3O3S/c1-13-6-7-14(23)12-19(13)26(24,25)22-11-9-18(21-22)16-8-10-20-17-5-3-2-4-15(16)17/h2-12,23H,1H3. The van der Waals surface area contributed by atoms with E-state index in [-0.39, 0.29) is 10.6 Å². The highest BCUT2D eigenvalue weighted by Gasteiger charge is 2.21. The molecule has 130 valence electrons. The van der Waals surface area contributed by atoms with Crippen LogP contribution in [0.5, 0.6) is 5.75 Å². The number of hydrogen-bond acceptors (Lipinski definition) is 5. The molecule has 0 bridgehead atoms. The Kier molecular flexibility index (Phi) is 3.73. The average Bonchev–Trinajstić information content (AvgIpc) is 3.14. The summed E-state index contributed by atoms with van der Waals surface area (Å²) in [6.07, 6.45) is 3.08. The summed E-state index contributed by atoms with van der Waals surface area (Å²) in [5.41, 5.74) is 2.68. The number of rotatable bonds is 3. The Bertz CT molecular complexity index is 1220. The summed E-state index contributed by atoms with van der Waals surface area (Å²) in [4.78, 5) is 4.33. The van der Waals surface area contributed by atoms with Crippen molar-refractivity contribution in [2.75, 3.05) is 0 Å². The molecule has 0 aliphatic rings. The molecule has 4 rings (SSSR count). The highest BCUT2D eigenvalue weighted by Crippen LogP contribution is 2.28. The van der Waals surface area contributed by atoms with Crippen LogP contribution in [-0.2, 0) is 10.0 Å². The van der Waals surface area contributed by atoms with Crippen LogP contribution in [0.4, 0.5) is 0 Å². The molecular formula is C19H15N3O3S. The number of hydrogen-bond donors (Lipinski definition) is 1. The van der Waals surface area contributed by atoms with E-state index in [1.807, 2.05) is 24.3 Å². The van der Waals surface area contributed by atoms with Crippen molar-refractivity contribution in [2.24, 2.45) is 0 Å². The number of aromatic hydroxyl groups is 1. The van der Waals surface area contributed by atoms with Gasteiger partial charge < -0.3 is 5.11 Å². The summed E-state index contributed by atoms with van der Waals surface area (Å²) in [6, 6.07) is 15.3. The van der Waals surface area contributed by atoms with Gasteiger partial charge in [-0.3, -0.25) is 4.98 Å². The second kappa shape index (κ2) is 5.96. The van der Waals surface area contributed by atoms with Crippen LogP contribution < -0.4 is 0 Å². The maximum atomic E-state index is 12.9. The Morgan fingerprint density at radius 3 is 2.69 bits per heavy atom. The van der Waals surface area contributed by atoms with Gasteiger partial charge in [0.25, 0.3) is 10.0 Å². The molecule has 0 atom stereocenters. The van der Waals surface area contributed by atoms with Gasteiger partial charge in [0.1, 0.15) is 5.75 Å². The second-order valence-corrected chi connectivity index (χ2v) is 7.67. The number of nitrogens with zero attached hydrogens (tertiary/aromatic N) is 3. The van der Waals surface area contributed by atoms with E-state index >= 15 is 0 Å². The van der Waals surface area contributed by atoms with Crippen molar-refractivity contribution in [3.8, 4) is 17.0 Å². The van der Waals surface area contributed by atoms with E-state index in [1.165, 1.54) is 18.3 Å². The molecule has 2 aromatic carbocycles. The Balaban J connectivity index is 1.84. The zero-order valence-corrected chi connectivity index (χ0v) is 14.7.